The molecule has 0 spiro atoms. The van der Waals surface area contributed by atoms with E-state index in [1.54, 1.807) is 12.1 Å². The Labute approximate surface area is 176 Å². The number of hydrogen-bond acceptors (Lipinski definition) is 4. The van der Waals surface area contributed by atoms with Crippen LogP contribution in [0.1, 0.15) is 40.7 Å². The Bertz CT molecular complexity index is 1070. The van der Waals surface area contributed by atoms with E-state index in [0.717, 1.165) is 17.6 Å². The fourth-order valence-corrected chi connectivity index (χ4v) is 4.48. The molecule has 0 saturated carbocycles. The van der Waals surface area contributed by atoms with Gasteiger partial charge in [-0.2, -0.15) is 0 Å². The van der Waals surface area contributed by atoms with Crippen LogP contribution in [-0.4, -0.2) is 34.7 Å². The third kappa shape index (κ3) is 3.68. The molecule has 4 heterocycles. The van der Waals surface area contributed by atoms with Crippen molar-refractivity contribution in [3.05, 3.63) is 71.6 Å². The molecule has 29 heavy (non-hydrogen) atoms. The summed E-state index contributed by atoms with van der Waals surface area (Å²) in [6, 6.07) is 13.0. The maximum absolute atomic E-state index is 11.6. The molecule has 0 aliphatic carbocycles. The van der Waals surface area contributed by atoms with E-state index in [2.05, 4.69) is 39.3 Å². The van der Waals surface area contributed by atoms with Crippen LogP contribution in [0.25, 0.3) is 16.6 Å². The van der Waals surface area contributed by atoms with Gasteiger partial charge in [-0.3, -0.25) is 0 Å². The van der Waals surface area contributed by atoms with Gasteiger partial charge in [0, 0.05) is 36.4 Å². The van der Waals surface area contributed by atoms with Crippen molar-refractivity contribution < 1.29 is 9.53 Å². The Kier molecular flexibility index (Phi) is 5.43. The predicted octanol–water partition coefficient (Wildman–Crippen LogP) is 4.20. The molecule has 1 N–H and O–H groups in total. The average molecular weight is 410 g/mol. The lowest BCUT2D eigenvalue weighted by atomic mass is 9.95. The lowest BCUT2D eigenvalue weighted by Gasteiger charge is -2.22. The first-order valence-electron chi connectivity index (χ1n) is 9.79. The van der Waals surface area contributed by atoms with Gasteiger partial charge in [-0.05, 0) is 60.2 Å². The Balaban J connectivity index is 0.00000205. The van der Waals surface area contributed by atoms with Crippen LogP contribution in [0.4, 0.5) is 0 Å². The molecule has 2 aliphatic heterocycles. The van der Waals surface area contributed by atoms with Crippen molar-refractivity contribution in [3.8, 4) is 0 Å². The minimum Gasteiger partial charge on any atom is -0.465 e. The van der Waals surface area contributed by atoms with E-state index in [-0.39, 0.29) is 18.4 Å². The SMILES string of the molecule is COC(=O)c1ccc(Cn2ccc3c(C4=CC5CCC(C4)N5)ccnc32)cc1.Cl. The summed E-state index contributed by atoms with van der Waals surface area (Å²) in [7, 11) is 1.40. The Hall–Kier alpha value is -2.63. The van der Waals surface area contributed by atoms with Crippen molar-refractivity contribution in [2.45, 2.75) is 37.9 Å². The molecule has 6 heteroatoms. The maximum atomic E-state index is 11.6. The Morgan fingerprint density at radius 2 is 2.03 bits per heavy atom. The Morgan fingerprint density at radius 1 is 1.21 bits per heavy atom. The standard InChI is InChI=1S/C23H23N3O2.ClH/c1-28-23(27)16-4-2-15(3-5-16)14-26-11-9-21-20(8-10-24-22(21)26)17-12-18-6-7-19(13-17)25-18;/h2-5,8-12,18-19,25H,6-7,13-14H2,1H3;1H. The lowest BCUT2D eigenvalue weighted by molar-refractivity contribution is 0.0600. The molecule has 5 rings (SSSR count). The van der Waals surface area contributed by atoms with Crippen LogP contribution in [0.5, 0.6) is 0 Å². The number of ether oxygens (including phenoxy) is 1. The molecule has 2 bridgehead atoms. The van der Waals surface area contributed by atoms with E-state index in [0.29, 0.717) is 24.2 Å². The molecule has 0 amide bonds. The smallest absolute Gasteiger partial charge is 0.337 e. The van der Waals surface area contributed by atoms with Crippen molar-refractivity contribution in [2.75, 3.05) is 7.11 Å². The number of benzene rings is 1. The number of nitrogens with one attached hydrogen (secondary N) is 1. The van der Waals surface area contributed by atoms with Gasteiger partial charge < -0.3 is 14.6 Å². The summed E-state index contributed by atoms with van der Waals surface area (Å²) in [5, 5.41) is 4.87. The summed E-state index contributed by atoms with van der Waals surface area (Å²) < 4.78 is 6.93. The zero-order chi connectivity index (χ0) is 19.1. The number of esters is 1. The third-order valence-electron chi connectivity index (χ3n) is 5.88. The molecular weight excluding hydrogens is 386 g/mol. The number of hydrogen-bond donors (Lipinski definition) is 1. The second-order valence-electron chi connectivity index (χ2n) is 7.67. The van der Waals surface area contributed by atoms with Gasteiger partial charge in [-0.15, -0.1) is 12.4 Å². The van der Waals surface area contributed by atoms with Crippen LogP contribution in [0.15, 0.2) is 54.9 Å². The zero-order valence-corrected chi connectivity index (χ0v) is 17.1. The summed E-state index contributed by atoms with van der Waals surface area (Å²) in [6.07, 6.45) is 10.0. The van der Waals surface area contributed by atoms with Crippen molar-refractivity contribution in [3.63, 3.8) is 0 Å². The van der Waals surface area contributed by atoms with Crippen LogP contribution in [-0.2, 0) is 11.3 Å². The number of aromatic nitrogens is 2. The Morgan fingerprint density at radius 3 is 2.79 bits per heavy atom. The first kappa shape index (κ1) is 19.7. The van der Waals surface area contributed by atoms with Gasteiger partial charge in [0.1, 0.15) is 5.65 Å². The van der Waals surface area contributed by atoms with Gasteiger partial charge in [-0.25, -0.2) is 9.78 Å². The van der Waals surface area contributed by atoms with Gasteiger partial charge in [-0.1, -0.05) is 18.2 Å². The summed E-state index contributed by atoms with van der Waals surface area (Å²) in [5.41, 5.74) is 5.44. The number of nitrogens with zero attached hydrogens (tertiary/aromatic N) is 2. The molecule has 1 fully saturated rings. The molecule has 2 atom stereocenters. The molecule has 2 aliphatic rings. The largest absolute Gasteiger partial charge is 0.465 e. The second-order valence-corrected chi connectivity index (χ2v) is 7.67. The highest BCUT2D eigenvalue weighted by Gasteiger charge is 2.29. The molecule has 3 aromatic rings. The first-order valence-corrected chi connectivity index (χ1v) is 9.79. The number of fused-ring (bicyclic) bond motifs is 3. The van der Waals surface area contributed by atoms with Crippen molar-refractivity contribution >= 4 is 35.0 Å². The van der Waals surface area contributed by atoms with Crippen LogP contribution in [0, 0.1) is 0 Å². The monoisotopic (exact) mass is 409 g/mol. The molecule has 2 unspecified atom stereocenters. The minimum atomic E-state index is -0.312. The van der Waals surface area contributed by atoms with E-state index in [4.69, 9.17) is 4.74 Å². The van der Waals surface area contributed by atoms with Gasteiger partial charge >= 0.3 is 5.97 Å². The van der Waals surface area contributed by atoms with E-state index in [1.165, 1.54) is 36.5 Å². The molecular formula is C23H24ClN3O2. The van der Waals surface area contributed by atoms with Gasteiger partial charge in [0.15, 0.2) is 0 Å². The molecule has 150 valence electrons. The fraction of sp³-hybridized carbons (Fsp3) is 0.304. The number of carbonyl (C=O) groups excluding carboxylic acids is 1. The topological polar surface area (TPSA) is 56.1 Å². The normalized spacial score (nSPS) is 20.2. The number of pyridine rings is 1. The number of rotatable bonds is 4. The minimum absolute atomic E-state index is 0. The number of carbonyl (C=O) groups is 1. The first-order chi connectivity index (χ1) is 13.7. The maximum Gasteiger partial charge on any atom is 0.337 e. The summed E-state index contributed by atoms with van der Waals surface area (Å²) in [5.74, 6) is -0.312. The van der Waals surface area contributed by atoms with Crippen molar-refractivity contribution in [1.82, 2.24) is 14.9 Å². The number of halogens is 1. The average Bonchev–Trinajstić information content (AvgIpc) is 3.30. The van der Waals surface area contributed by atoms with Gasteiger partial charge in [0.05, 0.1) is 12.7 Å². The van der Waals surface area contributed by atoms with Crippen LogP contribution >= 0.6 is 12.4 Å². The number of methoxy groups -OCH3 is 1. The van der Waals surface area contributed by atoms with Crippen LogP contribution in [0.2, 0.25) is 0 Å². The van der Waals surface area contributed by atoms with Crippen molar-refractivity contribution in [1.29, 1.82) is 0 Å². The van der Waals surface area contributed by atoms with E-state index >= 15 is 0 Å². The fourth-order valence-electron chi connectivity index (χ4n) is 4.48. The molecule has 0 radical (unpaired) electrons. The molecule has 2 aromatic heterocycles. The van der Waals surface area contributed by atoms with E-state index in [1.807, 2.05) is 18.3 Å². The lowest BCUT2D eigenvalue weighted by Crippen LogP contribution is -2.31. The summed E-state index contributed by atoms with van der Waals surface area (Å²) in [4.78, 5) is 16.3. The second kappa shape index (κ2) is 8.01. The predicted molar refractivity (Wildman–Crippen MR) is 116 cm³/mol. The third-order valence-corrected chi connectivity index (χ3v) is 5.88. The van der Waals surface area contributed by atoms with E-state index < -0.39 is 0 Å². The van der Waals surface area contributed by atoms with Gasteiger partial charge in [0.2, 0.25) is 0 Å². The molecule has 1 aromatic carbocycles. The molecule has 5 nitrogen and oxygen atoms in total. The summed E-state index contributed by atoms with van der Waals surface area (Å²) >= 11 is 0. The highest BCUT2D eigenvalue weighted by atomic mass is 35.5. The highest BCUT2D eigenvalue weighted by molar-refractivity contribution is 5.91. The quantitative estimate of drug-likeness (QED) is 0.656. The van der Waals surface area contributed by atoms with E-state index in [9.17, 15) is 4.79 Å². The van der Waals surface area contributed by atoms with Crippen LogP contribution in [0.3, 0.4) is 0 Å². The van der Waals surface area contributed by atoms with Gasteiger partial charge in [0.25, 0.3) is 0 Å². The zero-order valence-electron chi connectivity index (χ0n) is 16.3. The summed E-state index contributed by atoms with van der Waals surface area (Å²) in [6.45, 7) is 0.716. The van der Waals surface area contributed by atoms with Crippen LogP contribution < -0.4 is 5.32 Å². The highest BCUT2D eigenvalue weighted by Crippen LogP contribution is 2.35. The van der Waals surface area contributed by atoms with Crippen molar-refractivity contribution in [2.24, 2.45) is 0 Å². The molecule has 1 saturated heterocycles.